The van der Waals surface area contributed by atoms with Gasteiger partial charge in [-0.3, -0.25) is 4.79 Å². The monoisotopic (exact) mass is 354 g/mol. The lowest BCUT2D eigenvalue weighted by Gasteiger charge is -2.23. The molecule has 0 radical (unpaired) electrons. The van der Waals surface area contributed by atoms with Crippen LogP contribution < -0.4 is 5.32 Å². The van der Waals surface area contributed by atoms with Gasteiger partial charge in [0.2, 0.25) is 0 Å². The van der Waals surface area contributed by atoms with Crippen LogP contribution in [0.15, 0.2) is 18.2 Å². The summed E-state index contributed by atoms with van der Waals surface area (Å²) in [6.45, 7) is 2.71. The number of rotatable bonds is 4. The number of likely N-dealkylation sites (tertiary alicyclic amines) is 1. The Bertz CT molecular complexity index is 692. The van der Waals surface area contributed by atoms with Crippen LogP contribution in [-0.4, -0.2) is 41.6 Å². The molecule has 0 spiro atoms. The van der Waals surface area contributed by atoms with E-state index >= 15 is 0 Å². The maximum atomic E-state index is 13.2. The fourth-order valence-corrected chi connectivity index (χ4v) is 3.65. The van der Waals surface area contributed by atoms with Gasteiger partial charge in [0, 0.05) is 30.1 Å². The Morgan fingerprint density at radius 1 is 1.38 bits per heavy atom. The van der Waals surface area contributed by atoms with Crippen LogP contribution in [-0.2, 0) is 10.2 Å². The molecule has 3 rings (SSSR count). The molecule has 24 heavy (non-hydrogen) atoms. The zero-order valence-electron chi connectivity index (χ0n) is 13.4. The molecule has 1 saturated carbocycles. The molecule has 1 aromatic rings. The Balaban J connectivity index is 1.62. The summed E-state index contributed by atoms with van der Waals surface area (Å²) < 4.78 is 13.2. The maximum absolute atomic E-state index is 13.2. The van der Waals surface area contributed by atoms with E-state index in [4.69, 9.17) is 11.6 Å². The van der Waals surface area contributed by atoms with E-state index in [0.29, 0.717) is 24.5 Å². The Hall–Kier alpha value is -1.82. The van der Waals surface area contributed by atoms with Gasteiger partial charge in [-0.1, -0.05) is 17.7 Å². The summed E-state index contributed by atoms with van der Waals surface area (Å²) in [5.41, 5.74) is -0.270. The van der Waals surface area contributed by atoms with Crippen molar-refractivity contribution in [1.82, 2.24) is 10.2 Å². The number of benzene rings is 1. The van der Waals surface area contributed by atoms with E-state index in [2.05, 4.69) is 5.32 Å². The number of nitrogens with one attached hydrogen (secondary N) is 1. The first kappa shape index (κ1) is 17.0. The summed E-state index contributed by atoms with van der Waals surface area (Å²) in [6.07, 6.45) is 2.21. The Morgan fingerprint density at radius 3 is 2.62 bits per heavy atom. The van der Waals surface area contributed by atoms with Gasteiger partial charge in [-0.15, -0.1) is 0 Å². The van der Waals surface area contributed by atoms with E-state index in [0.717, 1.165) is 18.4 Å². The first-order chi connectivity index (χ1) is 11.3. The molecule has 1 aliphatic heterocycles. The van der Waals surface area contributed by atoms with Crippen molar-refractivity contribution in [2.75, 3.05) is 19.6 Å². The second-order valence-corrected chi connectivity index (χ2v) is 7.51. The van der Waals surface area contributed by atoms with Crippen LogP contribution in [0.2, 0.25) is 5.02 Å². The fraction of sp³-hybridized carbons (Fsp3) is 0.529. The molecule has 130 valence electrons. The van der Waals surface area contributed by atoms with Crippen molar-refractivity contribution in [3.05, 3.63) is 34.6 Å². The molecule has 1 atom stereocenters. The van der Waals surface area contributed by atoms with E-state index in [1.165, 1.54) is 17.0 Å². The number of carbonyl (C=O) groups is 2. The molecule has 5 nitrogen and oxygen atoms in total. The highest BCUT2D eigenvalue weighted by atomic mass is 35.5. The van der Waals surface area contributed by atoms with Crippen molar-refractivity contribution in [2.45, 2.75) is 31.6 Å². The van der Waals surface area contributed by atoms with Gasteiger partial charge in [-0.2, -0.15) is 0 Å². The molecule has 1 heterocycles. The number of hydrogen-bond acceptors (Lipinski definition) is 2. The van der Waals surface area contributed by atoms with Crippen molar-refractivity contribution in [3.8, 4) is 0 Å². The number of nitrogens with zero attached hydrogens (tertiary/aromatic N) is 1. The summed E-state index contributed by atoms with van der Waals surface area (Å²) in [4.78, 5) is 25.1. The Kier molecular flexibility index (Phi) is 4.20. The lowest BCUT2D eigenvalue weighted by molar-refractivity contribution is -0.147. The van der Waals surface area contributed by atoms with Crippen LogP contribution in [0.5, 0.6) is 0 Å². The molecule has 2 amide bonds. The van der Waals surface area contributed by atoms with Gasteiger partial charge in [0.15, 0.2) is 0 Å². The Morgan fingerprint density at radius 2 is 2.08 bits per heavy atom. The van der Waals surface area contributed by atoms with E-state index in [9.17, 15) is 19.1 Å². The number of hydrogen-bond donors (Lipinski definition) is 2. The molecule has 7 heteroatoms. The van der Waals surface area contributed by atoms with Crippen molar-refractivity contribution in [2.24, 2.45) is 5.41 Å². The minimum Gasteiger partial charge on any atom is -0.481 e. The molecule has 0 aromatic heterocycles. The number of carbonyl (C=O) groups excluding carboxylic acids is 1. The summed E-state index contributed by atoms with van der Waals surface area (Å²) in [6, 6.07) is 4.08. The molecule has 2 aliphatic rings. The molecule has 2 N–H and O–H groups in total. The van der Waals surface area contributed by atoms with Crippen LogP contribution in [0.4, 0.5) is 9.18 Å². The van der Waals surface area contributed by atoms with Crippen molar-refractivity contribution in [1.29, 1.82) is 0 Å². The maximum Gasteiger partial charge on any atom is 0.317 e. The van der Waals surface area contributed by atoms with Gasteiger partial charge in [0.25, 0.3) is 0 Å². The van der Waals surface area contributed by atoms with Crippen LogP contribution in [0, 0.1) is 11.2 Å². The highest BCUT2D eigenvalue weighted by Gasteiger charge is 2.47. The zero-order chi connectivity index (χ0) is 17.5. The van der Waals surface area contributed by atoms with Gasteiger partial charge in [-0.25, -0.2) is 9.18 Å². The second kappa shape index (κ2) is 5.92. The molecule has 1 unspecified atom stereocenters. The van der Waals surface area contributed by atoms with Gasteiger partial charge in [0.05, 0.1) is 5.41 Å². The number of urea groups is 1. The van der Waals surface area contributed by atoms with Gasteiger partial charge < -0.3 is 15.3 Å². The van der Waals surface area contributed by atoms with Crippen LogP contribution in [0.1, 0.15) is 31.7 Å². The lowest BCUT2D eigenvalue weighted by Crippen LogP contribution is -2.43. The summed E-state index contributed by atoms with van der Waals surface area (Å²) in [5, 5.41) is 12.5. The van der Waals surface area contributed by atoms with Crippen molar-refractivity contribution >= 4 is 23.6 Å². The number of carboxylic acids is 1. The van der Waals surface area contributed by atoms with E-state index < -0.39 is 11.4 Å². The largest absolute Gasteiger partial charge is 0.481 e. The summed E-state index contributed by atoms with van der Waals surface area (Å²) in [7, 11) is 0. The van der Waals surface area contributed by atoms with Crippen molar-refractivity contribution in [3.63, 3.8) is 0 Å². The fourth-order valence-electron chi connectivity index (χ4n) is 3.28. The minimum atomic E-state index is -0.880. The second-order valence-electron chi connectivity index (χ2n) is 7.10. The molecule has 0 bridgehead atoms. The van der Waals surface area contributed by atoms with Gasteiger partial charge in [0.1, 0.15) is 5.82 Å². The number of halogens is 2. The predicted octanol–water partition coefficient (Wildman–Crippen LogP) is 3.02. The average molecular weight is 355 g/mol. The van der Waals surface area contributed by atoms with Gasteiger partial charge in [-0.05, 0) is 43.9 Å². The number of carboxylic acid groups (broad SMARTS) is 1. The van der Waals surface area contributed by atoms with E-state index in [1.54, 1.807) is 13.0 Å². The smallest absolute Gasteiger partial charge is 0.317 e. The minimum absolute atomic E-state index is 0.207. The van der Waals surface area contributed by atoms with Gasteiger partial charge >= 0.3 is 12.0 Å². The number of amides is 2. The average Bonchev–Trinajstić information content (AvgIpc) is 3.19. The third-order valence-corrected chi connectivity index (χ3v) is 5.52. The first-order valence-electron chi connectivity index (χ1n) is 7.98. The van der Waals surface area contributed by atoms with Crippen LogP contribution in [0.3, 0.4) is 0 Å². The van der Waals surface area contributed by atoms with E-state index in [1.807, 2.05) is 0 Å². The quantitative estimate of drug-likeness (QED) is 0.873. The third-order valence-electron chi connectivity index (χ3n) is 5.21. The third kappa shape index (κ3) is 3.07. The SMILES string of the molecule is CC1(C(=O)O)CCN(C(=O)NCC2(c3ccc(F)cc3Cl)CC2)C1. The normalized spacial score (nSPS) is 24.7. The topological polar surface area (TPSA) is 69.6 Å². The van der Waals surface area contributed by atoms with Crippen LogP contribution >= 0.6 is 11.6 Å². The highest BCUT2D eigenvalue weighted by Crippen LogP contribution is 2.50. The summed E-state index contributed by atoms with van der Waals surface area (Å²) >= 11 is 6.14. The summed E-state index contributed by atoms with van der Waals surface area (Å²) in [5.74, 6) is -1.26. The Labute approximate surface area is 144 Å². The standard InChI is InChI=1S/C17H20ClFN2O3/c1-16(14(22)23)6-7-21(10-16)15(24)20-9-17(4-5-17)12-3-2-11(19)8-13(12)18/h2-3,8H,4-7,9-10H2,1H3,(H,20,24)(H,22,23). The predicted molar refractivity (Wildman–Crippen MR) is 87.7 cm³/mol. The molecular weight excluding hydrogens is 335 g/mol. The van der Waals surface area contributed by atoms with Crippen LogP contribution in [0.25, 0.3) is 0 Å². The lowest BCUT2D eigenvalue weighted by atomic mass is 9.90. The molecule has 1 aliphatic carbocycles. The number of aliphatic carboxylic acids is 1. The molecule has 1 saturated heterocycles. The highest BCUT2D eigenvalue weighted by molar-refractivity contribution is 6.31. The molecular formula is C17H20ClFN2O3. The van der Waals surface area contributed by atoms with Crippen molar-refractivity contribution < 1.29 is 19.1 Å². The molecule has 2 fully saturated rings. The first-order valence-corrected chi connectivity index (χ1v) is 8.35. The molecule has 1 aromatic carbocycles. The van der Waals surface area contributed by atoms with E-state index in [-0.39, 0.29) is 23.8 Å². The zero-order valence-corrected chi connectivity index (χ0v) is 14.2.